The standard InChI is InChI=1S/C10H19N3O2S/c1-3-12(4-2)8-9(13(14)15)10-11-6-5-7-16-10/h11H,3-8H2,1-2H3. The van der Waals surface area contributed by atoms with Crippen molar-refractivity contribution in [3.8, 4) is 0 Å². The second-order valence-corrected chi connectivity index (χ2v) is 4.73. The van der Waals surface area contributed by atoms with Crippen molar-refractivity contribution in [2.75, 3.05) is 31.9 Å². The Morgan fingerprint density at radius 2 is 2.25 bits per heavy atom. The zero-order valence-electron chi connectivity index (χ0n) is 9.86. The molecule has 0 atom stereocenters. The predicted octanol–water partition coefficient (Wildman–Crippen LogP) is 1.50. The van der Waals surface area contributed by atoms with Gasteiger partial charge in [-0.1, -0.05) is 13.8 Å². The summed E-state index contributed by atoms with van der Waals surface area (Å²) in [5, 5.41) is 14.9. The first kappa shape index (κ1) is 13.3. The van der Waals surface area contributed by atoms with Crippen LogP contribution in [0.2, 0.25) is 0 Å². The third-order valence-electron chi connectivity index (χ3n) is 2.60. The lowest BCUT2D eigenvalue weighted by molar-refractivity contribution is -0.428. The summed E-state index contributed by atoms with van der Waals surface area (Å²) in [7, 11) is 0. The summed E-state index contributed by atoms with van der Waals surface area (Å²) in [6.07, 6.45) is 1.07. The summed E-state index contributed by atoms with van der Waals surface area (Å²) in [5.74, 6) is 0.970. The summed E-state index contributed by atoms with van der Waals surface area (Å²) in [4.78, 5) is 12.8. The van der Waals surface area contributed by atoms with Crippen molar-refractivity contribution in [2.24, 2.45) is 0 Å². The van der Waals surface area contributed by atoms with Crippen LogP contribution in [0.3, 0.4) is 0 Å². The van der Waals surface area contributed by atoms with Gasteiger partial charge in [0.2, 0.25) is 0 Å². The molecule has 0 aromatic rings. The van der Waals surface area contributed by atoms with Gasteiger partial charge in [0, 0.05) is 12.3 Å². The molecule has 1 heterocycles. The summed E-state index contributed by atoms with van der Waals surface area (Å²) in [5.41, 5.74) is 0.313. The first-order valence-corrected chi connectivity index (χ1v) is 6.64. The van der Waals surface area contributed by atoms with Gasteiger partial charge in [0.15, 0.2) is 0 Å². The maximum Gasteiger partial charge on any atom is 0.289 e. The van der Waals surface area contributed by atoms with Crippen LogP contribution in [0.5, 0.6) is 0 Å². The molecular weight excluding hydrogens is 226 g/mol. The lowest BCUT2D eigenvalue weighted by Gasteiger charge is -2.20. The predicted molar refractivity (Wildman–Crippen MR) is 66.9 cm³/mol. The highest BCUT2D eigenvalue weighted by molar-refractivity contribution is 8.03. The molecule has 0 aliphatic carbocycles. The molecule has 1 aliphatic rings. The number of hydrogen-bond donors (Lipinski definition) is 1. The normalized spacial score (nSPS) is 19.4. The van der Waals surface area contributed by atoms with E-state index in [2.05, 4.69) is 10.2 Å². The van der Waals surface area contributed by atoms with Crippen molar-refractivity contribution in [3.05, 3.63) is 20.8 Å². The number of hydrogen-bond acceptors (Lipinski definition) is 5. The summed E-state index contributed by atoms with van der Waals surface area (Å²) >= 11 is 1.56. The molecule has 16 heavy (non-hydrogen) atoms. The largest absolute Gasteiger partial charge is 0.374 e. The number of nitrogens with zero attached hydrogens (tertiary/aromatic N) is 2. The molecule has 1 rings (SSSR count). The molecule has 0 unspecified atom stereocenters. The van der Waals surface area contributed by atoms with Crippen LogP contribution in [0.15, 0.2) is 10.7 Å². The lowest BCUT2D eigenvalue weighted by atomic mass is 10.4. The highest BCUT2D eigenvalue weighted by Crippen LogP contribution is 2.22. The van der Waals surface area contributed by atoms with Gasteiger partial charge in [0.1, 0.15) is 5.03 Å². The van der Waals surface area contributed by atoms with Gasteiger partial charge in [-0.2, -0.15) is 0 Å². The Morgan fingerprint density at radius 3 is 2.69 bits per heavy atom. The van der Waals surface area contributed by atoms with Crippen molar-refractivity contribution >= 4 is 11.8 Å². The quantitative estimate of drug-likeness (QED) is 0.587. The molecule has 6 heteroatoms. The highest BCUT2D eigenvalue weighted by Gasteiger charge is 2.22. The zero-order chi connectivity index (χ0) is 12.0. The molecule has 0 spiro atoms. The molecule has 5 nitrogen and oxygen atoms in total. The van der Waals surface area contributed by atoms with Gasteiger partial charge >= 0.3 is 0 Å². The van der Waals surface area contributed by atoms with Crippen LogP contribution in [-0.4, -0.2) is 41.8 Å². The van der Waals surface area contributed by atoms with Crippen LogP contribution in [0, 0.1) is 10.1 Å². The van der Waals surface area contributed by atoms with Crippen molar-refractivity contribution < 1.29 is 4.92 Å². The Morgan fingerprint density at radius 1 is 1.56 bits per heavy atom. The highest BCUT2D eigenvalue weighted by atomic mass is 32.2. The third kappa shape index (κ3) is 3.68. The van der Waals surface area contributed by atoms with Gasteiger partial charge in [-0.3, -0.25) is 15.0 Å². The van der Waals surface area contributed by atoms with Crippen LogP contribution < -0.4 is 5.32 Å². The monoisotopic (exact) mass is 245 g/mol. The number of nitro groups is 1. The van der Waals surface area contributed by atoms with Gasteiger partial charge in [0.25, 0.3) is 5.70 Å². The summed E-state index contributed by atoms with van der Waals surface area (Å²) < 4.78 is 0. The SMILES string of the molecule is CCN(CC)CC(=C1NCCCS1)[N+](=O)[O-]. The smallest absolute Gasteiger partial charge is 0.289 e. The van der Waals surface area contributed by atoms with E-state index < -0.39 is 0 Å². The maximum absolute atomic E-state index is 11.0. The first-order valence-electron chi connectivity index (χ1n) is 5.65. The lowest BCUT2D eigenvalue weighted by Crippen LogP contribution is -2.31. The molecule has 0 bridgehead atoms. The van der Waals surface area contributed by atoms with E-state index >= 15 is 0 Å². The van der Waals surface area contributed by atoms with Crippen molar-refractivity contribution in [2.45, 2.75) is 20.3 Å². The summed E-state index contributed by atoms with van der Waals surface area (Å²) in [6.45, 7) is 6.99. The molecule has 1 saturated heterocycles. The molecule has 92 valence electrons. The van der Waals surface area contributed by atoms with E-state index in [0.29, 0.717) is 12.2 Å². The fraction of sp³-hybridized carbons (Fsp3) is 0.800. The minimum Gasteiger partial charge on any atom is -0.374 e. The van der Waals surface area contributed by atoms with E-state index in [-0.39, 0.29) is 4.92 Å². The fourth-order valence-corrected chi connectivity index (χ4v) is 2.56. The molecular formula is C10H19N3O2S. The Labute approximate surface area is 100 Å². The minimum absolute atomic E-state index is 0.251. The van der Waals surface area contributed by atoms with Crippen LogP contribution in [-0.2, 0) is 0 Å². The van der Waals surface area contributed by atoms with E-state index in [0.717, 1.165) is 36.8 Å². The average Bonchev–Trinajstić information content (AvgIpc) is 2.31. The first-order chi connectivity index (χ1) is 7.69. The van der Waals surface area contributed by atoms with Crippen molar-refractivity contribution in [1.82, 2.24) is 10.2 Å². The third-order valence-corrected chi connectivity index (χ3v) is 3.76. The zero-order valence-corrected chi connectivity index (χ0v) is 10.7. The molecule has 0 amide bonds. The maximum atomic E-state index is 11.0. The van der Waals surface area contributed by atoms with E-state index in [1.807, 2.05) is 13.8 Å². The number of thioether (sulfide) groups is 1. The van der Waals surface area contributed by atoms with Gasteiger partial charge < -0.3 is 5.32 Å². The van der Waals surface area contributed by atoms with E-state index in [1.54, 1.807) is 11.8 Å². The Kier molecular flexibility index (Phi) is 5.62. The molecule has 1 N–H and O–H groups in total. The summed E-state index contributed by atoms with van der Waals surface area (Å²) in [6, 6.07) is 0. The van der Waals surface area contributed by atoms with Crippen LogP contribution in [0.4, 0.5) is 0 Å². The second kappa shape index (κ2) is 6.75. The van der Waals surface area contributed by atoms with Crippen LogP contribution >= 0.6 is 11.8 Å². The molecule has 0 saturated carbocycles. The number of likely N-dealkylation sites (N-methyl/N-ethyl adjacent to an activating group) is 1. The van der Waals surface area contributed by atoms with Gasteiger partial charge in [-0.15, -0.1) is 11.8 Å². The van der Waals surface area contributed by atoms with E-state index in [4.69, 9.17) is 0 Å². The minimum atomic E-state index is -0.251. The Bertz CT molecular complexity index is 269. The van der Waals surface area contributed by atoms with E-state index in [1.165, 1.54) is 0 Å². The molecule has 0 radical (unpaired) electrons. The Balaban J connectivity index is 2.76. The molecule has 0 aromatic heterocycles. The molecule has 1 fully saturated rings. The topological polar surface area (TPSA) is 58.4 Å². The van der Waals surface area contributed by atoms with Crippen LogP contribution in [0.1, 0.15) is 20.3 Å². The van der Waals surface area contributed by atoms with Crippen molar-refractivity contribution in [1.29, 1.82) is 0 Å². The van der Waals surface area contributed by atoms with E-state index in [9.17, 15) is 10.1 Å². The molecule has 0 aromatic carbocycles. The van der Waals surface area contributed by atoms with Crippen molar-refractivity contribution in [3.63, 3.8) is 0 Å². The average molecular weight is 245 g/mol. The van der Waals surface area contributed by atoms with Gasteiger partial charge in [-0.25, -0.2) is 0 Å². The van der Waals surface area contributed by atoms with Gasteiger partial charge in [-0.05, 0) is 19.5 Å². The Hall–Kier alpha value is -0.750. The fourth-order valence-electron chi connectivity index (χ4n) is 1.56. The molecule has 1 aliphatic heterocycles. The second-order valence-electron chi connectivity index (χ2n) is 3.62. The van der Waals surface area contributed by atoms with Crippen LogP contribution in [0.25, 0.3) is 0 Å². The van der Waals surface area contributed by atoms with Gasteiger partial charge in [0.05, 0.1) is 11.5 Å². The number of rotatable bonds is 5. The number of nitrogens with one attached hydrogen (secondary N) is 1.